The van der Waals surface area contributed by atoms with E-state index in [0.29, 0.717) is 6.61 Å². The molecule has 0 N–H and O–H groups in total. The number of carbonyl (C=O) groups is 1. The van der Waals surface area contributed by atoms with Crippen LogP contribution in [-0.2, 0) is 14.3 Å². The Balaban J connectivity index is 3.06. The molecule has 0 aromatic rings. The summed E-state index contributed by atoms with van der Waals surface area (Å²) in [6, 6.07) is 0. The Hall–Kier alpha value is -0.220. The molecule has 0 heterocycles. The number of unbranched alkanes of at least 4 members (excludes halogenated alkanes) is 5. The number of rotatable bonds is 11. The van der Waals surface area contributed by atoms with Gasteiger partial charge in [0.15, 0.2) is 0 Å². The molecule has 0 aliphatic carbocycles. The van der Waals surface area contributed by atoms with Crippen molar-refractivity contribution in [2.75, 3.05) is 19.8 Å². The minimum atomic E-state index is -0.312. The summed E-state index contributed by atoms with van der Waals surface area (Å²) in [7, 11) is 0. The van der Waals surface area contributed by atoms with E-state index in [9.17, 15) is 4.79 Å². The van der Waals surface area contributed by atoms with Crippen LogP contribution in [0.2, 0.25) is 0 Å². The Morgan fingerprint density at radius 2 is 1.59 bits per heavy atom. The lowest BCUT2D eigenvalue weighted by Gasteiger charge is -2.06. The summed E-state index contributed by atoms with van der Waals surface area (Å²) >= 11 is 4.01. The highest BCUT2D eigenvalue weighted by Crippen LogP contribution is 2.06. The number of hydrogen-bond donors (Lipinski definition) is 1. The number of carbonyl (C=O) groups excluding carboxylic acids is 1. The average Bonchev–Trinajstić information content (AvgIpc) is 2.31. The maximum Gasteiger partial charge on any atom is 0.318 e. The molecule has 0 aliphatic heterocycles. The van der Waals surface area contributed by atoms with E-state index >= 15 is 0 Å². The minimum Gasteiger partial charge on any atom is -0.465 e. The molecular weight excluding hydrogens is 236 g/mol. The summed E-state index contributed by atoms with van der Waals surface area (Å²) in [5.74, 6) is -0.218. The van der Waals surface area contributed by atoms with E-state index in [-0.39, 0.29) is 11.2 Å². The molecule has 0 saturated carbocycles. The van der Waals surface area contributed by atoms with Crippen molar-refractivity contribution in [2.24, 2.45) is 0 Å². The van der Waals surface area contributed by atoms with Crippen LogP contribution in [0.4, 0.5) is 0 Å². The molecule has 0 spiro atoms. The van der Waals surface area contributed by atoms with E-state index < -0.39 is 0 Å². The number of hydrogen-bond acceptors (Lipinski definition) is 4. The summed E-state index contributed by atoms with van der Waals surface area (Å²) in [4.78, 5) is 11.1. The van der Waals surface area contributed by atoms with Crippen LogP contribution in [0.15, 0.2) is 0 Å². The fourth-order valence-electron chi connectivity index (χ4n) is 1.45. The summed E-state index contributed by atoms with van der Waals surface area (Å²) in [6.07, 6.45) is 6.91. The first-order chi connectivity index (χ1) is 8.18. The number of thiol groups is 1. The van der Waals surface area contributed by atoms with Crippen molar-refractivity contribution in [3.63, 3.8) is 0 Å². The van der Waals surface area contributed by atoms with Crippen LogP contribution in [0.25, 0.3) is 0 Å². The van der Waals surface area contributed by atoms with Crippen LogP contribution in [0.1, 0.15) is 52.4 Å². The predicted octanol–water partition coefficient (Wildman–Crippen LogP) is 3.23. The zero-order valence-electron chi connectivity index (χ0n) is 11.1. The fraction of sp³-hybridized carbons (Fsp3) is 0.923. The van der Waals surface area contributed by atoms with Gasteiger partial charge in [-0.15, -0.1) is 0 Å². The molecule has 0 aromatic carbocycles. The summed E-state index contributed by atoms with van der Waals surface area (Å²) in [5.41, 5.74) is 0. The maximum absolute atomic E-state index is 11.1. The predicted molar refractivity (Wildman–Crippen MR) is 73.6 cm³/mol. The van der Waals surface area contributed by atoms with Gasteiger partial charge in [-0.25, -0.2) is 0 Å². The van der Waals surface area contributed by atoms with Gasteiger partial charge in [0.2, 0.25) is 0 Å². The largest absolute Gasteiger partial charge is 0.465 e. The normalized spacial score (nSPS) is 12.4. The zero-order chi connectivity index (χ0) is 12.9. The molecule has 3 nitrogen and oxygen atoms in total. The third-order valence-electron chi connectivity index (χ3n) is 2.47. The van der Waals surface area contributed by atoms with Crippen LogP contribution in [0.5, 0.6) is 0 Å². The zero-order valence-corrected chi connectivity index (χ0v) is 12.0. The molecule has 0 bridgehead atoms. The second-order valence-corrected chi connectivity index (χ2v) is 4.94. The Bertz CT molecular complexity index is 184. The van der Waals surface area contributed by atoms with Crippen molar-refractivity contribution in [1.29, 1.82) is 0 Å². The lowest BCUT2D eigenvalue weighted by molar-refractivity contribution is -0.142. The van der Waals surface area contributed by atoms with Gasteiger partial charge in [-0.1, -0.05) is 25.7 Å². The van der Waals surface area contributed by atoms with Gasteiger partial charge < -0.3 is 9.47 Å². The van der Waals surface area contributed by atoms with Crippen molar-refractivity contribution >= 4 is 18.6 Å². The molecule has 0 saturated heterocycles. The van der Waals surface area contributed by atoms with Gasteiger partial charge in [0.05, 0.1) is 11.9 Å². The third kappa shape index (κ3) is 12.0. The second-order valence-electron chi connectivity index (χ2n) is 4.16. The first kappa shape index (κ1) is 16.8. The maximum atomic E-state index is 11.1. The topological polar surface area (TPSA) is 35.5 Å². The van der Waals surface area contributed by atoms with Gasteiger partial charge in [0.25, 0.3) is 0 Å². The van der Waals surface area contributed by atoms with E-state index in [1.807, 2.05) is 6.92 Å². The molecule has 0 aliphatic rings. The molecule has 0 radical (unpaired) electrons. The minimum absolute atomic E-state index is 0.218. The van der Waals surface area contributed by atoms with Gasteiger partial charge in [0.1, 0.15) is 0 Å². The quantitative estimate of drug-likeness (QED) is 0.353. The van der Waals surface area contributed by atoms with Crippen LogP contribution in [0.3, 0.4) is 0 Å². The molecule has 0 rings (SSSR count). The molecule has 17 heavy (non-hydrogen) atoms. The highest BCUT2D eigenvalue weighted by atomic mass is 32.1. The van der Waals surface area contributed by atoms with Gasteiger partial charge >= 0.3 is 5.97 Å². The molecule has 0 amide bonds. The molecule has 0 fully saturated rings. The highest BCUT2D eigenvalue weighted by molar-refractivity contribution is 7.81. The van der Waals surface area contributed by atoms with Crippen molar-refractivity contribution < 1.29 is 14.3 Å². The van der Waals surface area contributed by atoms with Crippen LogP contribution >= 0.6 is 12.6 Å². The standard InChI is InChI=1S/C13H26O3S/c1-3-15-10-8-6-4-5-7-9-11-16-13(14)12(2)17/h12,17H,3-11H2,1-2H3. The van der Waals surface area contributed by atoms with Crippen molar-refractivity contribution in [3.05, 3.63) is 0 Å². The van der Waals surface area contributed by atoms with Crippen molar-refractivity contribution in [1.82, 2.24) is 0 Å². The van der Waals surface area contributed by atoms with E-state index in [4.69, 9.17) is 9.47 Å². The molecule has 4 heteroatoms. The Labute approximate surface area is 111 Å². The monoisotopic (exact) mass is 262 g/mol. The van der Waals surface area contributed by atoms with Gasteiger partial charge in [0, 0.05) is 13.2 Å². The highest BCUT2D eigenvalue weighted by Gasteiger charge is 2.07. The lowest BCUT2D eigenvalue weighted by Crippen LogP contribution is -2.15. The van der Waals surface area contributed by atoms with Crippen molar-refractivity contribution in [3.8, 4) is 0 Å². The summed E-state index contributed by atoms with van der Waals surface area (Å²) in [5, 5.41) is -0.312. The van der Waals surface area contributed by atoms with Crippen LogP contribution < -0.4 is 0 Å². The van der Waals surface area contributed by atoms with E-state index in [1.165, 1.54) is 19.3 Å². The van der Waals surface area contributed by atoms with Gasteiger partial charge in [-0.3, -0.25) is 4.79 Å². The first-order valence-electron chi connectivity index (χ1n) is 6.61. The fourth-order valence-corrected chi connectivity index (χ4v) is 1.53. The molecule has 1 unspecified atom stereocenters. The summed E-state index contributed by atoms with van der Waals surface area (Å²) < 4.78 is 10.3. The Morgan fingerprint density at radius 1 is 1.06 bits per heavy atom. The Morgan fingerprint density at radius 3 is 2.12 bits per heavy atom. The SMILES string of the molecule is CCOCCCCCCCCOC(=O)C(C)S. The smallest absolute Gasteiger partial charge is 0.318 e. The Kier molecular flexibility index (Phi) is 12.1. The third-order valence-corrected chi connectivity index (χ3v) is 2.68. The van der Waals surface area contributed by atoms with Gasteiger partial charge in [-0.2, -0.15) is 12.6 Å². The number of esters is 1. The van der Waals surface area contributed by atoms with Crippen molar-refractivity contribution in [2.45, 2.75) is 57.6 Å². The molecular formula is C13H26O3S. The first-order valence-corrected chi connectivity index (χ1v) is 7.12. The molecule has 0 aromatic heterocycles. The van der Waals surface area contributed by atoms with Crippen LogP contribution in [0, 0.1) is 0 Å². The molecule has 1 atom stereocenters. The lowest BCUT2D eigenvalue weighted by atomic mass is 10.1. The second kappa shape index (κ2) is 12.2. The molecule has 102 valence electrons. The number of ether oxygens (including phenoxy) is 2. The van der Waals surface area contributed by atoms with E-state index in [1.54, 1.807) is 6.92 Å². The average molecular weight is 262 g/mol. The van der Waals surface area contributed by atoms with Gasteiger partial charge in [-0.05, 0) is 26.7 Å². The van der Waals surface area contributed by atoms with E-state index in [2.05, 4.69) is 12.6 Å². The van der Waals surface area contributed by atoms with Crippen LogP contribution in [-0.4, -0.2) is 31.0 Å². The van der Waals surface area contributed by atoms with E-state index in [0.717, 1.165) is 32.5 Å². The summed E-state index contributed by atoms with van der Waals surface area (Å²) in [6.45, 7) is 5.97.